The molecule has 0 saturated carbocycles. The average molecular weight is 343 g/mol. The highest BCUT2D eigenvalue weighted by Gasteiger charge is 2.19. The Kier molecular flexibility index (Phi) is 6.05. The van der Waals surface area contributed by atoms with Gasteiger partial charge >= 0.3 is 0 Å². The number of halogens is 1. The van der Waals surface area contributed by atoms with Gasteiger partial charge in [0.25, 0.3) is 0 Å². The average Bonchev–Trinajstić information content (AvgIpc) is 2.75. The van der Waals surface area contributed by atoms with Crippen LogP contribution >= 0.6 is 15.9 Å². The largest absolute Gasteiger partial charge is 0.316 e. The van der Waals surface area contributed by atoms with Gasteiger partial charge in [0.15, 0.2) is 0 Å². The fourth-order valence-electron chi connectivity index (χ4n) is 2.98. The maximum absolute atomic E-state index is 4.59. The number of aryl methyl sites for hydroxylation is 2. The fourth-order valence-corrected chi connectivity index (χ4v) is 3.39. The van der Waals surface area contributed by atoms with E-state index in [1.165, 1.54) is 42.6 Å². The van der Waals surface area contributed by atoms with Gasteiger partial charge < -0.3 is 5.32 Å². The van der Waals surface area contributed by atoms with Crippen molar-refractivity contribution < 1.29 is 0 Å². The van der Waals surface area contributed by atoms with Gasteiger partial charge in [0, 0.05) is 19.6 Å². The predicted octanol–water partition coefficient (Wildman–Crippen LogP) is 2.80. The molecule has 5 heteroatoms. The maximum atomic E-state index is 4.59. The Morgan fingerprint density at radius 3 is 2.85 bits per heavy atom. The number of nitrogens with zero attached hydrogens (tertiary/aromatic N) is 3. The summed E-state index contributed by atoms with van der Waals surface area (Å²) in [4.78, 5) is 2.55. The Hall–Kier alpha value is -0.390. The highest BCUT2D eigenvalue weighted by atomic mass is 79.9. The van der Waals surface area contributed by atoms with E-state index in [2.05, 4.69) is 56.7 Å². The molecule has 0 spiro atoms. The van der Waals surface area contributed by atoms with Gasteiger partial charge in [-0.2, -0.15) is 5.10 Å². The lowest BCUT2D eigenvalue weighted by Crippen LogP contribution is -2.38. The van der Waals surface area contributed by atoms with E-state index >= 15 is 0 Å². The monoisotopic (exact) mass is 342 g/mol. The first-order valence-corrected chi connectivity index (χ1v) is 8.59. The summed E-state index contributed by atoms with van der Waals surface area (Å²) >= 11 is 3.70. The third-order valence-electron chi connectivity index (χ3n) is 4.19. The van der Waals surface area contributed by atoms with Gasteiger partial charge in [-0.1, -0.05) is 6.92 Å². The summed E-state index contributed by atoms with van der Waals surface area (Å²) < 4.78 is 3.31. The zero-order chi connectivity index (χ0) is 14.5. The molecule has 1 aliphatic rings. The van der Waals surface area contributed by atoms with Gasteiger partial charge in [0.05, 0.1) is 15.9 Å². The third-order valence-corrected chi connectivity index (χ3v) is 5.22. The van der Waals surface area contributed by atoms with Crippen molar-refractivity contribution in [2.45, 2.75) is 46.7 Å². The quantitative estimate of drug-likeness (QED) is 0.862. The maximum Gasteiger partial charge on any atom is 0.0739 e. The second-order valence-corrected chi connectivity index (χ2v) is 6.49. The second kappa shape index (κ2) is 7.57. The van der Waals surface area contributed by atoms with Crippen molar-refractivity contribution in [3.05, 3.63) is 15.9 Å². The van der Waals surface area contributed by atoms with E-state index in [0.717, 1.165) is 31.2 Å². The molecule has 0 radical (unpaired) electrons. The molecule has 1 atom stereocenters. The van der Waals surface area contributed by atoms with Crippen molar-refractivity contribution in [1.29, 1.82) is 0 Å². The molecule has 1 aromatic rings. The van der Waals surface area contributed by atoms with Gasteiger partial charge in [-0.05, 0) is 68.2 Å². The van der Waals surface area contributed by atoms with Crippen LogP contribution in [0.3, 0.4) is 0 Å². The summed E-state index contributed by atoms with van der Waals surface area (Å²) in [5, 5.41) is 8.11. The predicted molar refractivity (Wildman–Crippen MR) is 86.9 cm³/mol. The van der Waals surface area contributed by atoms with Crippen LogP contribution in [0.25, 0.3) is 0 Å². The van der Waals surface area contributed by atoms with Crippen LogP contribution in [0.2, 0.25) is 0 Å². The molecule has 1 unspecified atom stereocenters. The summed E-state index contributed by atoms with van der Waals surface area (Å²) in [5.41, 5.74) is 2.41. The molecule has 1 aromatic heterocycles. The van der Waals surface area contributed by atoms with Gasteiger partial charge in [-0.25, -0.2) is 0 Å². The van der Waals surface area contributed by atoms with Crippen LogP contribution in [-0.2, 0) is 13.1 Å². The van der Waals surface area contributed by atoms with Crippen LogP contribution in [0.5, 0.6) is 0 Å². The standard InChI is InChI=1S/C15H27BrN4/c1-4-19(10-13-7-6-8-17-9-13)11-14-15(16)12(3)18-20(14)5-2/h13,17H,4-11H2,1-3H3. The molecule has 0 aliphatic carbocycles. The summed E-state index contributed by atoms with van der Waals surface area (Å²) in [6.07, 6.45) is 2.68. The van der Waals surface area contributed by atoms with E-state index in [9.17, 15) is 0 Å². The third kappa shape index (κ3) is 3.83. The molecule has 1 aliphatic heterocycles. The molecule has 1 saturated heterocycles. The van der Waals surface area contributed by atoms with Crippen molar-refractivity contribution in [2.75, 3.05) is 26.2 Å². The molecule has 0 bridgehead atoms. The minimum absolute atomic E-state index is 0.793. The molecule has 1 N–H and O–H groups in total. The summed E-state index contributed by atoms with van der Waals surface area (Å²) in [6, 6.07) is 0. The Labute approximate surface area is 131 Å². The summed E-state index contributed by atoms with van der Waals surface area (Å²) in [5.74, 6) is 0.793. The number of rotatable bonds is 6. The van der Waals surface area contributed by atoms with Crippen molar-refractivity contribution in [2.24, 2.45) is 5.92 Å². The van der Waals surface area contributed by atoms with Gasteiger partial charge in [-0.15, -0.1) is 0 Å². The van der Waals surface area contributed by atoms with Crippen molar-refractivity contribution >= 4 is 15.9 Å². The number of aromatic nitrogens is 2. The lowest BCUT2D eigenvalue weighted by atomic mass is 9.99. The topological polar surface area (TPSA) is 33.1 Å². The molecule has 114 valence electrons. The Bertz CT molecular complexity index is 424. The minimum atomic E-state index is 0.793. The first-order valence-electron chi connectivity index (χ1n) is 7.80. The van der Waals surface area contributed by atoms with E-state index in [1.807, 2.05) is 0 Å². The molecule has 2 rings (SSSR count). The summed E-state index contributed by atoms with van der Waals surface area (Å²) in [7, 11) is 0. The SMILES string of the molecule is CCN(Cc1c(Br)c(C)nn1CC)CC1CCCNC1. The van der Waals surface area contributed by atoms with Gasteiger partial charge in [-0.3, -0.25) is 9.58 Å². The first-order chi connectivity index (χ1) is 9.65. The molecule has 2 heterocycles. The van der Waals surface area contributed by atoms with Crippen LogP contribution < -0.4 is 5.32 Å². The van der Waals surface area contributed by atoms with Crippen molar-refractivity contribution in [1.82, 2.24) is 20.0 Å². The van der Waals surface area contributed by atoms with E-state index in [0.29, 0.717) is 0 Å². The highest BCUT2D eigenvalue weighted by molar-refractivity contribution is 9.10. The Balaban J connectivity index is 2.02. The second-order valence-electron chi connectivity index (χ2n) is 5.70. The lowest BCUT2D eigenvalue weighted by Gasteiger charge is -2.29. The zero-order valence-electron chi connectivity index (χ0n) is 13.0. The van der Waals surface area contributed by atoms with Crippen molar-refractivity contribution in [3.63, 3.8) is 0 Å². The van der Waals surface area contributed by atoms with Crippen LogP contribution in [0.1, 0.15) is 38.1 Å². The zero-order valence-corrected chi connectivity index (χ0v) is 14.5. The first kappa shape index (κ1) is 16.0. The van der Waals surface area contributed by atoms with E-state index in [1.54, 1.807) is 0 Å². The number of nitrogens with one attached hydrogen (secondary N) is 1. The molecule has 0 aromatic carbocycles. The number of piperidine rings is 1. The minimum Gasteiger partial charge on any atom is -0.316 e. The molecule has 1 fully saturated rings. The highest BCUT2D eigenvalue weighted by Crippen LogP contribution is 2.23. The van der Waals surface area contributed by atoms with Crippen LogP contribution in [0.4, 0.5) is 0 Å². The molecular weight excluding hydrogens is 316 g/mol. The summed E-state index contributed by atoms with van der Waals surface area (Å²) in [6.45, 7) is 13.0. The van der Waals surface area contributed by atoms with E-state index in [4.69, 9.17) is 0 Å². The molecule has 0 amide bonds. The van der Waals surface area contributed by atoms with Crippen LogP contribution in [0, 0.1) is 12.8 Å². The Morgan fingerprint density at radius 1 is 1.45 bits per heavy atom. The van der Waals surface area contributed by atoms with E-state index < -0.39 is 0 Å². The Morgan fingerprint density at radius 2 is 2.25 bits per heavy atom. The normalized spacial score (nSPS) is 19.8. The lowest BCUT2D eigenvalue weighted by molar-refractivity contribution is 0.204. The van der Waals surface area contributed by atoms with Gasteiger partial charge in [0.1, 0.15) is 0 Å². The molecule has 4 nitrogen and oxygen atoms in total. The van der Waals surface area contributed by atoms with Crippen LogP contribution in [0.15, 0.2) is 4.47 Å². The number of hydrogen-bond acceptors (Lipinski definition) is 3. The number of hydrogen-bond donors (Lipinski definition) is 1. The van der Waals surface area contributed by atoms with Gasteiger partial charge in [0.2, 0.25) is 0 Å². The smallest absolute Gasteiger partial charge is 0.0739 e. The molecule has 20 heavy (non-hydrogen) atoms. The van der Waals surface area contributed by atoms with Crippen LogP contribution in [-0.4, -0.2) is 40.9 Å². The molecular formula is C15H27BrN4. The fraction of sp³-hybridized carbons (Fsp3) is 0.800. The van der Waals surface area contributed by atoms with E-state index in [-0.39, 0.29) is 0 Å². The van der Waals surface area contributed by atoms with Crippen molar-refractivity contribution in [3.8, 4) is 0 Å².